The second kappa shape index (κ2) is 11.1. The van der Waals surface area contributed by atoms with Gasteiger partial charge in [-0.25, -0.2) is 10.3 Å². The first-order valence-corrected chi connectivity index (χ1v) is 9.57. The molecule has 32 heavy (non-hydrogen) atoms. The van der Waals surface area contributed by atoms with Gasteiger partial charge in [0.15, 0.2) is 11.5 Å². The lowest BCUT2D eigenvalue weighted by atomic mass is 10.2. The van der Waals surface area contributed by atoms with Crippen molar-refractivity contribution < 1.29 is 23.9 Å². The number of anilines is 1. The number of carbonyl (C=O) groups is 2. The van der Waals surface area contributed by atoms with Crippen molar-refractivity contribution in [3.63, 3.8) is 0 Å². The maximum Gasteiger partial charge on any atom is 0.355 e. The Labute approximate surface area is 185 Å². The largest absolute Gasteiger partial charge is 0.493 e. The van der Waals surface area contributed by atoms with Crippen LogP contribution in [0.1, 0.15) is 15.9 Å². The Kier molecular flexibility index (Phi) is 7.69. The molecule has 8 nitrogen and oxygen atoms in total. The summed E-state index contributed by atoms with van der Waals surface area (Å²) >= 11 is 0. The fourth-order valence-electron chi connectivity index (χ4n) is 2.60. The molecule has 3 aromatic rings. The van der Waals surface area contributed by atoms with Gasteiger partial charge in [-0.05, 0) is 54.1 Å². The predicted molar refractivity (Wildman–Crippen MR) is 120 cm³/mol. The summed E-state index contributed by atoms with van der Waals surface area (Å²) in [5.41, 5.74) is 4.76. The van der Waals surface area contributed by atoms with Crippen LogP contribution in [-0.4, -0.2) is 26.1 Å². The first kappa shape index (κ1) is 22.2. The molecule has 3 rings (SSSR count). The molecule has 8 heteroatoms. The van der Waals surface area contributed by atoms with Crippen molar-refractivity contribution >= 4 is 29.3 Å². The number of hydrogen-bond acceptors (Lipinski definition) is 7. The zero-order chi connectivity index (χ0) is 22.8. The van der Waals surface area contributed by atoms with E-state index in [4.69, 9.17) is 14.3 Å². The Morgan fingerprint density at radius 2 is 1.59 bits per heavy atom. The Bertz CT molecular complexity index is 1130. The maximum absolute atomic E-state index is 12.3. The van der Waals surface area contributed by atoms with Crippen LogP contribution in [0.3, 0.4) is 0 Å². The predicted octanol–water partition coefficient (Wildman–Crippen LogP) is 5.21. The number of rotatable bonds is 8. The molecule has 1 amide bonds. The third-order valence-electron chi connectivity index (χ3n) is 4.24. The molecule has 0 radical (unpaired) electrons. The van der Waals surface area contributed by atoms with Crippen molar-refractivity contribution in [1.82, 2.24) is 0 Å². The minimum absolute atomic E-state index is 0.320. The minimum Gasteiger partial charge on any atom is -0.493 e. The number of ether oxygens (including phenoxy) is 2. The number of nitrogens with one attached hydrogen (secondary N) is 1. The smallest absolute Gasteiger partial charge is 0.355 e. The lowest BCUT2D eigenvalue weighted by Crippen LogP contribution is -2.07. The fourth-order valence-corrected chi connectivity index (χ4v) is 2.60. The zero-order valence-electron chi connectivity index (χ0n) is 17.5. The average Bonchev–Trinajstić information content (AvgIpc) is 2.85. The molecule has 3 aromatic carbocycles. The fraction of sp³-hybridized carbons (Fsp3) is 0.0833. The van der Waals surface area contributed by atoms with E-state index < -0.39 is 11.9 Å². The molecule has 0 aliphatic carbocycles. The van der Waals surface area contributed by atoms with E-state index in [1.807, 2.05) is 30.3 Å². The molecular weight excluding hydrogens is 410 g/mol. The summed E-state index contributed by atoms with van der Waals surface area (Å²) in [6.45, 7) is 0. The second-order valence-corrected chi connectivity index (χ2v) is 6.39. The molecule has 0 aromatic heterocycles. The molecule has 0 saturated carbocycles. The normalized spacial score (nSPS) is 10.8. The van der Waals surface area contributed by atoms with E-state index >= 15 is 0 Å². The molecule has 0 spiro atoms. The van der Waals surface area contributed by atoms with Crippen molar-refractivity contribution in [3.8, 4) is 11.5 Å². The van der Waals surface area contributed by atoms with Crippen LogP contribution in [-0.2, 0) is 9.63 Å². The molecule has 0 saturated heterocycles. The van der Waals surface area contributed by atoms with Crippen LogP contribution < -0.4 is 15.0 Å². The second-order valence-electron chi connectivity index (χ2n) is 6.39. The first-order chi connectivity index (χ1) is 15.6. The highest BCUT2D eigenvalue weighted by molar-refractivity contribution is 5.95. The summed E-state index contributed by atoms with van der Waals surface area (Å²) in [5, 5.41) is 7.66. The van der Waals surface area contributed by atoms with Gasteiger partial charge < -0.3 is 14.3 Å². The number of hydrogen-bond donors (Lipinski definition) is 1. The van der Waals surface area contributed by atoms with E-state index in [1.165, 1.54) is 26.4 Å². The Hall–Kier alpha value is -4.46. The van der Waals surface area contributed by atoms with Gasteiger partial charge in [0.2, 0.25) is 0 Å². The highest BCUT2D eigenvalue weighted by atomic mass is 16.7. The third kappa shape index (κ3) is 6.27. The number of nitrogens with zero attached hydrogens (tertiary/aromatic N) is 2. The first-order valence-electron chi connectivity index (χ1n) is 9.57. The average molecular weight is 431 g/mol. The van der Waals surface area contributed by atoms with Gasteiger partial charge in [0, 0.05) is 11.6 Å². The molecule has 0 bridgehead atoms. The zero-order valence-corrected chi connectivity index (χ0v) is 17.5. The monoisotopic (exact) mass is 431 g/mol. The van der Waals surface area contributed by atoms with Crippen LogP contribution in [0.25, 0.3) is 6.08 Å². The summed E-state index contributed by atoms with van der Waals surface area (Å²) < 4.78 is 10.3. The van der Waals surface area contributed by atoms with E-state index in [2.05, 4.69) is 15.7 Å². The molecule has 0 atom stereocenters. The van der Waals surface area contributed by atoms with Crippen molar-refractivity contribution in [2.45, 2.75) is 0 Å². The topological polar surface area (TPSA) is 98.6 Å². The van der Waals surface area contributed by atoms with Gasteiger partial charge in [-0.3, -0.25) is 4.79 Å². The number of amides is 1. The molecule has 162 valence electrons. The summed E-state index contributed by atoms with van der Waals surface area (Å²) in [4.78, 5) is 29.0. The Balaban J connectivity index is 1.54. The SMILES string of the molecule is COc1ccc(C(=O)N=Nc2ccc(NOC(=O)/C=C/c3ccccc3)cc2)cc1OC. The van der Waals surface area contributed by atoms with Crippen LogP contribution in [0, 0.1) is 0 Å². The minimum atomic E-state index is -0.543. The lowest BCUT2D eigenvalue weighted by molar-refractivity contribution is -0.134. The summed E-state index contributed by atoms with van der Waals surface area (Å²) in [7, 11) is 3.00. The van der Waals surface area contributed by atoms with E-state index in [0.717, 1.165) is 5.56 Å². The summed E-state index contributed by atoms with van der Waals surface area (Å²) in [6, 6.07) is 20.7. The van der Waals surface area contributed by atoms with Crippen LogP contribution in [0.5, 0.6) is 11.5 Å². The standard InChI is InChI=1S/C24H21N3O5/c1-30-21-14-9-18(16-22(21)31-2)24(29)26-25-19-10-12-20(13-11-19)27-32-23(28)15-8-17-6-4-3-5-7-17/h3-16,27H,1-2H3/b15-8+,26-25?. The van der Waals surface area contributed by atoms with Crippen LogP contribution in [0.4, 0.5) is 11.4 Å². The third-order valence-corrected chi connectivity index (χ3v) is 4.24. The number of benzene rings is 3. The van der Waals surface area contributed by atoms with Gasteiger partial charge in [-0.15, -0.1) is 10.2 Å². The van der Waals surface area contributed by atoms with Crippen LogP contribution in [0.2, 0.25) is 0 Å². The highest BCUT2D eigenvalue weighted by Gasteiger charge is 2.10. The molecular formula is C24H21N3O5. The van der Waals surface area contributed by atoms with Gasteiger partial charge >= 0.3 is 5.97 Å². The van der Waals surface area contributed by atoms with E-state index in [-0.39, 0.29) is 0 Å². The van der Waals surface area contributed by atoms with Gasteiger partial charge in [0.25, 0.3) is 5.91 Å². The van der Waals surface area contributed by atoms with Crippen LogP contribution in [0.15, 0.2) is 89.1 Å². The molecule has 0 fully saturated rings. The molecule has 0 heterocycles. The van der Waals surface area contributed by atoms with Gasteiger partial charge in [-0.1, -0.05) is 30.3 Å². The van der Waals surface area contributed by atoms with Gasteiger partial charge in [-0.2, -0.15) is 0 Å². The Morgan fingerprint density at radius 1 is 0.875 bits per heavy atom. The van der Waals surface area contributed by atoms with Crippen molar-refractivity contribution in [2.75, 3.05) is 19.7 Å². The molecule has 0 aliphatic heterocycles. The van der Waals surface area contributed by atoms with Gasteiger partial charge in [0.05, 0.1) is 25.6 Å². The summed E-state index contributed by atoms with van der Waals surface area (Å²) in [6.07, 6.45) is 2.98. The molecule has 1 N–H and O–H groups in total. The van der Waals surface area contributed by atoms with Crippen LogP contribution >= 0.6 is 0 Å². The number of azo groups is 1. The quantitative estimate of drug-likeness (QED) is 0.299. The van der Waals surface area contributed by atoms with E-state index in [0.29, 0.717) is 28.4 Å². The van der Waals surface area contributed by atoms with Gasteiger partial charge in [0.1, 0.15) is 0 Å². The van der Waals surface area contributed by atoms with Crippen molar-refractivity contribution in [3.05, 3.63) is 90.0 Å². The van der Waals surface area contributed by atoms with E-state index in [1.54, 1.807) is 42.5 Å². The van der Waals surface area contributed by atoms with Crippen molar-refractivity contribution in [1.29, 1.82) is 0 Å². The molecule has 0 unspecified atom stereocenters. The van der Waals surface area contributed by atoms with Crippen molar-refractivity contribution in [2.24, 2.45) is 10.2 Å². The number of methoxy groups -OCH3 is 2. The maximum atomic E-state index is 12.3. The number of carbonyl (C=O) groups excluding carboxylic acids is 2. The molecule has 0 aliphatic rings. The lowest BCUT2D eigenvalue weighted by Gasteiger charge is -2.07. The van der Waals surface area contributed by atoms with E-state index in [9.17, 15) is 9.59 Å². The highest BCUT2D eigenvalue weighted by Crippen LogP contribution is 2.28. The summed E-state index contributed by atoms with van der Waals surface area (Å²) in [5.74, 6) is -0.122. The Morgan fingerprint density at radius 3 is 2.28 bits per heavy atom.